The van der Waals surface area contributed by atoms with Gasteiger partial charge in [-0.2, -0.15) is 0 Å². The zero-order valence-electron chi connectivity index (χ0n) is 16.3. The van der Waals surface area contributed by atoms with Crippen molar-refractivity contribution in [3.8, 4) is 0 Å². The van der Waals surface area contributed by atoms with Gasteiger partial charge in [0.15, 0.2) is 0 Å². The average molecular weight is 360 g/mol. The van der Waals surface area contributed by atoms with Crippen LogP contribution in [0.4, 0.5) is 4.79 Å². The van der Waals surface area contributed by atoms with Crippen molar-refractivity contribution in [3.05, 3.63) is 35.9 Å². The lowest BCUT2D eigenvalue weighted by Crippen LogP contribution is -2.48. The van der Waals surface area contributed by atoms with Crippen LogP contribution < -0.4 is 0 Å². The molecule has 1 spiro atoms. The number of aliphatic hydroxyl groups is 1. The first-order valence-corrected chi connectivity index (χ1v) is 9.66. The minimum absolute atomic E-state index is 0.113. The van der Waals surface area contributed by atoms with E-state index in [9.17, 15) is 9.90 Å². The lowest BCUT2D eigenvalue weighted by Gasteiger charge is -2.42. The highest BCUT2D eigenvalue weighted by molar-refractivity contribution is 5.68. The van der Waals surface area contributed by atoms with Crippen LogP contribution >= 0.6 is 0 Å². The van der Waals surface area contributed by atoms with E-state index in [0.29, 0.717) is 13.1 Å². The van der Waals surface area contributed by atoms with Crippen LogP contribution in [-0.4, -0.2) is 59.4 Å². The van der Waals surface area contributed by atoms with Gasteiger partial charge in [-0.15, -0.1) is 0 Å². The first kappa shape index (κ1) is 19.2. The van der Waals surface area contributed by atoms with Crippen molar-refractivity contribution in [3.63, 3.8) is 0 Å². The van der Waals surface area contributed by atoms with Gasteiger partial charge in [0, 0.05) is 45.2 Å². The summed E-state index contributed by atoms with van der Waals surface area (Å²) in [5.74, 6) is 0.284. The molecule has 0 radical (unpaired) electrons. The Morgan fingerprint density at radius 2 is 1.88 bits per heavy atom. The van der Waals surface area contributed by atoms with Crippen LogP contribution in [-0.2, 0) is 11.3 Å². The van der Waals surface area contributed by atoms with Gasteiger partial charge in [-0.1, -0.05) is 30.3 Å². The topological polar surface area (TPSA) is 53.0 Å². The lowest BCUT2D eigenvalue weighted by molar-refractivity contribution is 0.00184. The molecule has 144 valence electrons. The van der Waals surface area contributed by atoms with Gasteiger partial charge in [0.2, 0.25) is 0 Å². The number of ether oxygens (including phenoxy) is 1. The normalized spacial score (nSPS) is 23.4. The maximum atomic E-state index is 12.3. The van der Waals surface area contributed by atoms with E-state index < -0.39 is 5.60 Å². The number of rotatable bonds is 3. The fourth-order valence-corrected chi connectivity index (χ4v) is 4.39. The number of nitrogens with zero attached hydrogens (tertiary/aromatic N) is 2. The van der Waals surface area contributed by atoms with Crippen molar-refractivity contribution in [2.75, 3.05) is 32.8 Å². The second kappa shape index (κ2) is 7.57. The van der Waals surface area contributed by atoms with Crippen molar-refractivity contribution in [2.24, 2.45) is 11.3 Å². The summed E-state index contributed by atoms with van der Waals surface area (Å²) < 4.78 is 5.51. The quantitative estimate of drug-likeness (QED) is 0.900. The number of piperidine rings is 1. The van der Waals surface area contributed by atoms with Crippen LogP contribution in [0.2, 0.25) is 0 Å². The van der Waals surface area contributed by atoms with E-state index in [1.54, 1.807) is 0 Å². The van der Waals surface area contributed by atoms with E-state index in [1.807, 2.05) is 31.7 Å². The van der Waals surface area contributed by atoms with Crippen molar-refractivity contribution < 1.29 is 14.6 Å². The molecule has 0 bridgehead atoms. The zero-order valence-corrected chi connectivity index (χ0v) is 16.3. The van der Waals surface area contributed by atoms with Gasteiger partial charge in [-0.3, -0.25) is 4.90 Å². The van der Waals surface area contributed by atoms with Gasteiger partial charge in [-0.25, -0.2) is 4.79 Å². The van der Waals surface area contributed by atoms with Crippen LogP contribution in [0.25, 0.3) is 0 Å². The molecule has 0 aliphatic carbocycles. The molecule has 2 aliphatic rings. The number of carbonyl (C=O) groups excluding carboxylic acids is 1. The molecule has 0 aromatic heterocycles. The van der Waals surface area contributed by atoms with E-state index in [4.69, 9.17) is 4.74 Å². The number of likely N-dealkylation sites (tertiary alicyclic amines) is 2. The minimum Gasteiger partial charge on any atom is -0.444 e. The van der Waals surface area contributed by atoms with Crippen molar-refractivity contribution in [2.45, 2.75) is 45.8 Å². The Kier molecular flexibility index (Phi) is 5.58. The molecule has 1 atom stereocenters. The Labute approximate surface area is 156 Å². The molecule has 2 saturated heterocycles. The third-order valence-corrected chi connectivity index (χ3v) is 5.76. The SMILES string of the molecule is CC(C)(C)OC(=O)N1CCC2(CC1)CN(Cc1ccccc1)C[C@H]2CO. The molecular formula is C21H32N2O3. The third-order valence-electron chi connectivity index (χ3n) is 5.76. The van der Waals surface area contributed by atoms with Crippen LogP contribution in [0, 0.1) is 11.3 Å². The fraction of sp³-hybridized carbons (Fsp3) is 0.667. The van der Waals surface area contributed by atoms with Gasteiger partial charge >= 0.3 is 6.09 Å². The molecule has 0 unspecified atom stereocenters. The molecule has 1 aromatic carbocycles. The average Bonchev–Trinajstić information content (AvgIpc) is 2.91. The largest absolute Gasteiger partial charge is 0.444 e. The lowest BCUT2D eigenvalue weighted by atomic mass is 9.71. The number of benzene rings is 1. The standard InChI is InChI=1S/C21H32N2O3/c1-20(2,3)26-19(25)23-11-9-21(10-12-23)16-22(14-18(21)15-24)13-17-7-5-4-6-8-17/h4-8,18,24H,9-16H2,1-3H3/t18-/m0/s1. The predicted octanol–water partition coefficient (Wildman–Crippen LogP) is 3.13. The molecule has 3 rings (SSSR count). The van der Waals surface area contributed by atoms with Crippen LogP contribution in [0.1, 0.15) is 39.2 Å². The summed E-state index contributed by atoms with van der Waals surface area (Å²) in [7, 11) is 0. The summed E-state index contributed by atoms with van der Waals surface area (Å²) in [6.07, 6.45) is 1.65. The summed E-state index contributed by atoms with van der Waals surface area (Å²) >= 11 is 0. The van der Waals surface area contributed by atoms with Crippen LogP contribution in [0.3, 0.4) is 0 Å². The smallest absolute Gasteiger partial charge is 0.410 e. The minimum atomic E-state index is -0.459. The molecule has 5 heteroatoms. The maximum absolute atomic E-state index is 12.3. The van der Waals surface area contributed by atoms with E-state index in [0.717, 1.165) is 32.5 Å². The van der Waals surface area contributed by atoms with Crippen LogP contribution in [0.5, 0.6) is 0 Å². The summed E-state index contributed by atoms with van der Waals surface area (Å²) in [5, 5.41) is 9.96. The number of hydrogen-bond acceptors (Lipinski definition) is 4. The molecule has 2 heterocycles. The van der Waals surface area contributed by atoms with Crippen molar-refractivity contribution in [1.29, 1.82) is 0 Å². The fourth-order valence-electron chi connectivity index (χ4n) is 4.39. The highest BCUT2D eigenvalue weighted by Gasteiger charge is 2.48. The highest BCUT2D eigenvalue weighted by Crippen LogP contribution is 2.45. The van der Waals surface area contributed by atoms with Gasteiger partial charge < -0.3 is 14.7 Å². The molecular weight excluding hydrogens is 328 g/mol. The van der Waals surface area contributed by atoms with Gasteiger partial charge in [0.25, 0.3) is 0 Å². The molecule has 1 amide bonds. The molecule has 2 fully saturated rings. The summed E-state index contributed by atoms with van der Waals surface area (Å²) in [6, 6.07) is 10.5. The van der Waals surface area contributed by atoms with Crippen molar-refractivity contribution >= 4 is 6.09 Å². The number of hydrogen-bond donors (Lipinski definition) is 1. The van der Waals surface area contributed by atoms with E-state index in [2.05, 4.69) is 29.2 Å². The number of carbonyl (C=O) groups is 1. The van der Waals surface area contributed by atoms with E-state index in [1.165, 1.54) is 5.56 Å². The Bertz CT molecular complexity index is 603. The summed E-state index contributed by atoms with van der Waals surface area (Å²) in [5.41, 5.74) is 0.967. The molecule has 1 aromatic rings. The molecule has 5 nitrogen and oxygen atoms in total. The summed E-state index contributed by atoms with van der Waals surface area (Å²) in [6.45, 7) is 10.2. The van der Waals surface area contributed by atoms with Gasteiger partial charge in [0.1, 0.15) is 5.60 Å². The van der Waals surface area contributed by atoms with Gasteiger partial charge in [0.05, 0.1) is 0 Å². The Hall–Kier alpha value is -1.59. The molecule has 1 N–H and O–H groups in total. The zero-order chi connectivity index (χ0) is 18.8. The monoisotopic (exact) mass is 360 g/mol. The van der Waals surface area contributed by atoms with E-state index in [-0.39, 0.29) is 24.0 Å². The highest BCUT2D eigenvalue weighted by atomic mass is 16.6. The predicted molar refractivity (Wildman–Crippen MR) is 102 cm³/mol. The third kappa shape index (κ3) is 4.38. The Morgan fingerprint density at radius 1 is 1.23 bits per heavy atom. The maximum Gasteiger partial charge on any atom is 0.410 e. The number of amides is 1. The van der Waals surface area contributed by atoms with Gasteiger partial charge in [-0.05, 0) is 44.6 Å². The van der Waals surface area contributed by atoms with E-state index >= 15 is 0 Å². The summed E-state index contributed by atoms with van der Waals surface area (Å²) in [4.78, 5) is 16.6. The Balaban J connectivity index is 1.60. The molecule has 26 heavy (non-hydrogen) atoms. The second-order valence-corrected chi connectivity index (χ2v) is 8.86. The number of aliphatic hydroxyl groups excluding tert-OH is 1. The second-order valence-electron chi connectivity index (χ2n) is 8.86. The van der Waals surface area contributed by atoms with Crippen LogP contribution in [0.15, 0.2) is 30.3 Å². The molecule has 2 aliphatic heterocycles. The molecule has 0 saturated carbocycles. The Morgan fingerprint density at radius 3 is 2.46 bits per heavy atom. The van der Waals surface area contributed by atoms with Crippen molar-refractivity contribution in [1.82, 2.24) is 9.80 Å². The first-order valence-electron chi connectivity index (χ1n) is 9.66. The first-order chi connectivity index (χ1) is 12.3.